The molecule has 2 aromatic carbocycles. The van der Waals surface area contributed by atoms with Crippen LogP contribution in [0.1, 0.15) is 5.56 Å². The van der Waals surface area contributed by atoms with Crippen LogP contribution >= 0.6 is 0 Å². The van der Waals surface area contributed by atoms with E-state index in [9.17, 15) is 13.2 Å². The lowest BCUT2D eigenvalue weighted by atomic mass is 10.2. The molecule has 9 nitrogen and oxygen atoms in total. The molecule has 1 aliphatic heterocycles. The molecule has 5 rings (SSSR count). The summed E-state index contributed by atoms with van der Waals surface area (Å²) in [6.07, 6.45) is 1.67. The average molecular weight is 451 g/mol. The van der Waals surface area contributed by atoms with Crippen LogP contribution in [0.3, 0.4) is 0 Å². The molecule has 32 heavy (non-hydrogen) atoms. The fraction of sp³-hybridized carbons (Fsp3) is 0.273. The fourth-order valence-electron chi connectivity index (χ4n) is 4.03. The number of piperazine rings is 1. The second kappa shape index (κ2) is 7.95. The lowest BCUT2D eigenvalue weighted by Crippen LogP contribution is -2.51. The molecule has 0 radical (unpaired) electrons. The van der Waals surface area contributed by atoms with Crippen LogP contribution in [-0.4, -0.2) is 69.7 Å². The van der Waals surface area contributed by atoms with E-state index < -0.39 is 10.0 Å². The molecule has 0 spiro atoms. The van der Waals surface area contributed by atoms with Gasteiger partial charge in [-0.05, 0) is 36.8 Å². The van der Waals surface area contributed by atoms with E-state index in [1.807, 2.05) is 43.3 Å². The summed E-state index contributed by atoms with van der Waals surface area (Å²) in [5.41, 5.74) is 2.96. The average Bonchev–Trinajstić information content (AvgIpc) is 3.21. The standard InChI is InChI=1S/C22H22N6O3S/c1-16-13-17-5-4-8-20(22(17)23-14-16)32(30,31)27-11-9-26(10-12-27)21(29)15-28-19-7-3-2-6-18(19)24-25-28/h2-8,13-14H,9-12,15H2,1H3. The predicted molar refractivity (Wildman–Crippen MR) is 119 cm³/mol. The van der Waals surface area contributed by atoms with Gasteiger partial charge >= 0.3 is 0 Å². The lowest BCUT2D eigenvalue weighted by molar-refractivity contribution is -0.133. The van der Waals surface area contributed by atoms with Gasteiger partial charge in [0.05, 0.1) is 11.0 Å². The van der Waals surface area contributed by atoms with Gasteiger partial charge in [0.2, 0.25) is 15.9 Å². The van der Waals surface area contributed by atoms with Gasteiger partial charge < -0.3 is 4.90 Å². The molecule has 3 heterocycles. The number of para-hydroxylation sites is 2. The highest BCUT2D eigenvalue weighted by molar-refractivity contribution is 7.89. The van der Waals surface area contributed by atoms with Crippen molar-refractivity contribution < 1.29 is 13.2 Å². The Hall–Kier alpha value is -3.37. The first-order chi connectivity index (χ1) is 15.4. The van der Waals surface area contributed by atoms with Gasteiger partial charge in [-0.15, -0.1) is 5.10 Å². The van der Waals surface area contributed by atoms with Crippen molar-refractivity contribution in [3.05, 3.63) is 60.3 Å². The summed E-state index contributed by atoms with van der Waals surface area (Å²) in [5, 5.41) is 8.93. The normalized spacial score (nSPS) is 15.5. The molecule has 0 aliphatic carbocycles. The Labute approximate surface area is 185 Å². The number of sulfonamides is 1. The molecular formula is C22H22N6O3S. The van der Waals surface area contributed by atoms with E-state index in [2.05, 4.69) is 15.3 Å². The van der Waals surface area contributed by atoms with Crippen molar-refractivity contribution in [1.29, 1.82) is 0 Å². The number of aryl methyl sites for hydroxylation is 1. The molecule has 0 saturated carbocycles. The molecule has 10 heteroatoms. The van der Waals surface area contributed by atoms with E-state index >= 15 is 0 Å². The lowest BCUT2D eigenvalue weighted by Gasteiger charge is -2.34. The number of amides is 1. The maximum absolute atomic E-state index is 13.3. The van der Waals surface area contributed by atoms with Crippen molar-refractivity contribution in [1.82, 2.24) is 29.2 Å². The number of hydrogen-bond acceptors (Lipinski definition) is 6. The molecule has 1 saturated heterocycles. The van der Waals surface area contributed by atoms with E-state index in [1.165, 1.54) is 4.31 Å². The van der Waals surface area contributed by atoms with Crippen LogP contribution in [0.25, 0.3) is 21.9 Å². The number of hydrogen-bond donors (Lipinski definition) is 0. The summed E-state index contributed by atoms with van der Waals surface area (Å²) in [5.74, 6) is -0.111. The van der Waals surface area contributed by atoms with Crippen LogP contribution in [0.2, 0.25) is 0 Å². The van der Waals surface area contributed by atoms with Gasteiger partial charge in [-0.3, -0.25) is 9.78 Å². The van der Waals surface area contributed by atoms with Crippen LogP contribution in [0, 0.1) is 6.92 Å². The summed E-state index contributed by atoms with van der Waals surface area (Å²) in [7, 11) is -3.72. The number of rotatable bonds is 4. The van der Waals surface area contributed by atoms with Crippen molar-refractivity contribution >= 4 is 37.9 Å². The number of aromatic nitrogens is 4. The minimum absolute atomic E-state index is 0.0693. The van der Waals surface area contributed by atoms with Crippen molar-refractivity contribution in [2.45, 2.75) is 18.4 Å². The molecule has 1 amide bonds. The maximum atomic E-state index is 13.3. The van der Waals surface area contributed by atoms with E-state index in [0.29, 0.717) is 18.6 Å². The van der Waals surface area contributed by atoms with Gasteiger partial charge in [-0.25, -0.2) is 13.1 Å². The van der Waals surface area contributed by atoms with Crippen molar-refractivity contribution in [2.75, 3.05) is 26.2 Å². The van der Waals surface area contributed by atoms with E-state index in [1.54, 1.807) is 27.9 Å². The zero-order valence-electron chi connectivity index (χ0n) is 17.5. The van der Waals surface area contributed by atoms with Crippen molar-refractivity contribution in [2.24, 2.45) is 0 Å². The molecule has 2 aromatic heterocycles. The zero-order chi connectivity index (χ0) is 22.3. The smallest absolute Gasteiger partial charge is 0.245 e. The van der Waals surface area contributed by atoms with E-state index in [0.717, 1.165) is 22.0 Å². The van der Waals surface area contributed by atoms with Crippen LogP contribution in [0.5, 0.6) is 0 Å². The Bertz CT molecular complexity index is 1420. The number of fused-ring (bicyclic) bond motifs is 2. The number of carbonyl (C=O) groups excluding carboxylic acids is 1. The quantitative estimate of drug-likeness (QED) is 0.470. The summed E-state index contributed by atoms with van der Waals surface area (Å²) < 4.78 is 29.7. The predicted octanol–water partition coefficient (Wildman–Crippen LogP) is 1.82. The summed E-state index contributed by atoms with van der Waals surface area (Å²) >= 11 is 0. The highest BCUT2D eigenvalue weighted by Gasteiger charge is 2.31. The third kappa shape index (κ3) is 3.61. The highest BCUT2D eigenvalue weighted by Crippen LogP contribution is 2.25. The SMILES string of the molecule is Cc1cnc2c(S(=O)(=O)N3CCN(C(=O)Cn4nnc5ccccc54)CC3)cccc2c1. The number of pyridine rings is 1. The fourth-order valence-corrected chi connectivity index (χ4v) is 5.62. The van der Waals surface area contributed by atoms with Crippen molar-refractivity contribution in [3.8, 4) is 0 Å². The van der Waals surface area contributed by atoms with Crippen LogP contribution in [-0.2, 0) is 21.4 Å². The van der Waals surface area contributed by atoms with Gasteiger partial charge in [-0.2, -0.15) is 4.31 Å². The third-order valence-electron chi connectivity index (χ3n) is 5.73. The van der Waals surface area contributed by atoms with Gasteiger partial charge in [-0.1, -0.05) is 29.5 Å². The van der Waals surface area contributed by atoms with Gasteiger partial charge in [0.1, 0.15) is 17.0 Å². The Morgan fingerprint density at radius 2 is 1.81 bits per heavy atom. The summed E-state index contributed by atoms with van der Waals surface area (Å²) in [6.45, 7) is 3.10. The van der Waals surface area contributed by atoms with Crippen LogP contribution < -0.4 is 0 Å². The minimum Gasteiger partial charge on any atom is -0.338 e. The Morgan fingerprint density at radius 3 is 2.62 bits per heavy atom. The summed E-state index contributed by atoms with van der Waals surface area (Å²) in [4.78, 5) is 19.0. The summed E-state index contributed by atoms with van der Waals surface area (Å²) in [6, 6.07) is 14.6. The zero-order valence-corrected chi connectivity index (χ0v) is 18.4. The molecule has 1 fully saturated rings. The minimum atomic E-state index is -3.72. The van der Waals surface area contributed by atoms with Gasteiger partial charge in [0.25, 0.3) is 0 Å². The van der Waals surface area contributed by atoms with Crippen molar-refractivity contribution in [3.63, 3.8) is 0 Å². The van der Waals surface area contributed by atoms with Gasteiger partial charge in [0.15, 0.2) is 0 Å². The largest absolute Gasteiger partial charge is 0.338 e. The topological polar surface area (TPSA) is 101 Å². The number of carbonyl (C=O) groups is 1. The Kier molecular flexibility index (Phi) is 5.10. The second-order valence-electron chi connectivity index (χ2n) is 7.86. The first-order valence-electron chi connectivity index (χ1n) is 10.3. The molecule has 0 bridgehead atoms. The number of nitrogens with zero attached hydrogens (tertiary/aromatic N) is 6. The molecule has 4 aromatic rings. The first kappa shape index (κ1) is 20.5. The monoisotopic (exact) mass is 450 g/mol. The van der Waals surface area contributed by atoms with Crippen LogP contribution in [0.4, 0.5) is 0 Å². The second-order valence-corrected chi connectivity index (χ2v) is 9.77. The van der Waals surface area contributed by atoms with E-state index in [4.69, 9.17) is 0 Å². The Balaban J connectivity index is 1.30. The van der Waals surface area contributed by atoms with Gasteiger partial charge in [0, 0.05) is 37.8 Å². The molecule has 0 unspecified atom stereocenters. The molecule has 0 N–H and O–H groups in total. The molecule has 0 atom stereocenters. The first-order valence-corrected chi connectivity index (χ1v) is 11.8. The van der Waals surface area contributed by atoms with E-state index in [-0.39, 0.29) is 30.4 Å². The number of benzene rings is 2. The highest BCUT2D eigenvalue weighted by atomic mass is 32.2. The third-order valence-corrected chi connectivity index (χ3v) is 7.66. The van der Waals surface area contributed by atoms with Crippen LogP contribution in [0.15, 0.2) is 59.6 Å². The Morgan fingerprint density at radius 1 is 1.03 bits per heavy atom. The molecule has 164 valence electrons. The maximum Gasteiger partial charge on any atom is 0.245 e. The molecular weight excluding hydrogens is 428 g/mol. The molecule has 1 aliphatic rings.